The highest BCUT2D eigenvalue weighted by atomic mass is 28.4. The average molecular weight is 324 g/mol. The van der Waals surface area contributed by atoms with E-state index >= 15 is 0 Å². The van der Waals surface area contributed by atoms with Crippen molar-refractivity contribution in [3.05, 3.63) is 35.9 Å². The van der Waals surface area contributed by atoms with Crippen LogP contribution in [0.15, 0.2) is 18.2 Å². The van der Waals surface area contributed by atoms with Gasteiger partial charge in [-0.25, -0.2) is 4.79 Å². The number of nitrogens with one attached hydrogen (secondary N) is 2. The lowest BCUT2D eigenvalue weighted by molar-refractivity contribution is 0.123. The van der Waals surface area contributed by atoms with E-state index in [1.165, 1.54) is 0 Å². The number of urea groups is 1. The lowest BCUT2D eigenvalue weighted by atomic mass is 10.3. The first kappa shape index (κ1) is 18.5. The molecule has 1 aromatic rings. The minimum atomic E-state index is -2.49. The predicted octanol–water partition coefficient (Wildman–Crippen LogP) is 1.74. The van der Waals surface area contributed by atoms with Crippen molar-refractivity contribution in [2.24, 2.45) is 0 Å². The zero-order valence-corrected chi connectivity index (χ0v) is 14.4. The first-order valence-electron chi connectivity index (χ1n) is 7.20. The summed E-state index contributed by atoms with van der Waals surface area (Å²) in [5.41, 5.74) is 0.897. The van der Waals surface area contributed by atoms with E-state index in [1.807, 2.05) is 12.1 Å². The third-order valence-electron chi connectivity index (χ3n) is 3.28. The van der Waals surface area contributed by atoms with Gasteiger partial charge in [-0.15, -0.1) is 0 Å². The van der Waals surface area contributed by atoms with Crippen molar-refractivity contribution in [3.8, 4) is 0 Å². The van der Waals surface area contributed by atoms with Gasteiger partial charge in [-0.3, -0.25) is 0 Å². The van der Waals surface area contributed by atoms with Crippen molar-refractivity contribution < 1.29 is 18.1 Å². The normalized spacial score (nSPS) is 10.9. The van der Waals surface area contributed by atoms with E-state index in [4.69, 9.17) is 13.3 Å². The number of carbonyl (C=O) groups is 1. The Bertz CT molecular complexity index is 419. The van der Waals surface area contributed by atoms with Crippen LogP contribution in [0.2, 0.25) is 6.04 Å². The molecule has 0 spiro atoms. The van der Waals surface area contributed by atoms with Gasteiger partial charge in [-0.2, -0.15) is 0 Å². The van der Waals surface area contributed by atoms with Gasteiger partial charge in [0.15, 0.2) is 0 Å². The summed E-state index contributed by atoms with van der Waals surface area (Å²) in [5.74, 6) is 0. The molecular formula is C15H24N2O4Si. The Labute approximate surface area is 133 Å². The molecule has 7 heteroatoms. The Morgan fingerprint density at radius 1 is 1.18 bits per heavy atom. The second-order valence-corrected chi connectivity index (χ2v) is 7.77. The van der Waals surface area contributed by atoms with Crippen LogP contribution in [0.1, 0.15) is 18.4 Å². The monoisotopic (exact) mass is 324 g/mol. The molecule has 0 radical (unpaired) electrons. The number of carbonyl (C=O) groups excluding carboxylic acids is 1. The third-order valence-corrected chi connectivity index (χ3v) is 6.11. The Kier molecular flexibility index (Phi) is 8.55. The average Bonchev–Trinajstić information content (AvgIpc) is 2.58. The standard InChI is InChI=1S/C15H24N2O4Si/c1-19-22(20-2,21-3)12-8-7-11-16-15(18)17-13-14-9-5-4-6-10-14/h4-5,9H,7-8,11-13H2,1-3H3,(H2,16,17,18). The highest BCUT2D eigenvalue weighted by Crippen LogP contribution is 2.15. The molecule has 1 rings (SSSR count). The minimum Gasteiger partial charge on any atom is -0.377 e. The molecule has 0 unspecified atom stereocenters. The van der Waals surface area contributed by atoms with Crippen LogP contribution in [0.3, 0.4) is 0 Å². The highest BCUT2D eigenvalue weighted by Gasteiger charge is 2.36. The molecule has 0 aromatic heterocycles. The Hall–Kier alpha value is -1.59. The lowest BCUT2D eigenvalue weighted by Gasteiger charge is -2.24. The van der Waals surface area contributed by atoms with Crippen molar-refractivity contribution in [1.29, 1.82) is 0 Å². The van der Waals surface area contributed by atoms with Gasteiger partial charge < -0.3 is 23.9 Å². The Morgan fingerprint density at radius 3 is 2.50 bits per heavy atom. The molecule has 0 bridgehead atoms. The molecule has 0 heterocycles. The SMILES string of the molecule is CO[Si](CCCCNC(=O)NCc1c#cccc1)(OC)OC. The Morgan fingerprint density at radius 2 is 1.91 bits per heavy atom. The number of hydrogen-bond acceptors (Lipinski definition) is 4. The van der Waals surface area contributed by atoms with Gasteiger partial charge in [-0.1, -0.05) is 18.2 Å². The van der Waals surface area contributed by atoms with Gasteiger partial charge in [0, 0.05) is 39.5 Å². The van der Waals surface area contributed by atoms with Crippen LogP contribution in [0.25, 0.3) is 0 Å². The number of rotatable bonds is 10. The van der Waals surface area contributed by atoms with E-state index in [9.17, 15) is 4.79 Å². The van der Waals surface area contributed by atoms with Crippen molar-refractivity contribution in [1.82, 2.24) is 10.6 Å². The van der Waals surface area contributed by atoms with Gasteiger partial charge in [-0.05, 0) is 25.0 Å². The molecule has 22 heavy (non-hydrogen) atoms. The summed E-state index contributed by atoms with van der Waals surface area (Å²) in [6, 6.07) is 11.8. The summed E-state index contributed by atoms with van der Waals surface area (Å²) >= 11 is 0. The molecule has 2 amide bonds. The van der Waals surface area contributed by atoms with E-state index in [2.05, 4.69) is 22.8 Å². The van der Waals surface area contributed by atoms with Gasteiger partial charge >= 0.3 is 14.8 Å². The second kappa shape index (κ2) is 10.2. The zero-order chi connectivity index (χ0) is 16.3. The zero-order valence-electron chi connectivity index (χ0n) is 13.4. The number of hydrogen-bond donors (Lipinski definition) is 2. The van der Waals surface area contributed by atoms with Crippen molar-refractivity contribution in [2.75, 3.05) is 27.9 Å². The molecule has 0 fully saturated rings. The Balaban J connectivity index is 2.12. The number of amides is 2. The summed E-state index contributed by atoms with van der Waals surface area (Å²) in [5, 5.41) is 5.58. The van der Waals surface area contributed by atoms with Crippen LogP contribution in [0.4, 0.5) is 4.79 Å². The molecule has 0 aliphatic heterocycles. The fourth-order valence-corrected chi connectivity index (χ4v) is 3.75. The molecule has 2 N–H and O–H groups in total. The smallest absolute Gasteiger partial charge is 0.377 e. The summed E-state index contributed by atoms with van der Waals surface area (Å²) in [6.45, 7) is 1.04. The van der Waals surface area contributed by atoms with Crippen LogP contribution in [0.5, 0.6) is 0 Å². The fraction of sp³-hybridized carbons (Fsp3) is 0.533. The second-order valence-electron chi connectivity index (χ2n) is 4.68. The van der Waals surface area contributed by atoms with Crippen LogP contribution >= 0.6 is 0 Å². The van der Waals surface area contributed by atoms with E-state index in [0.29, 0.717) is 13.1 Å². The summed E-state index contributed by atoms with van der Waals surface area (Å²) < 4.78 is 16.0. The van der Waals surface area contributed by atoms with Crippen molar-refractivity contribution in [3.63, 3.8) is 0 Å². The quantitative estimate of drug-likeness (QED) is 0.508. The fourth-order valence-electron chi connectivity index (χ4n) is 1.95. The summed E-state index contributed by atoms with van der Waals surface area (Å²) in [7, 11) is 2.31. The first-order valence-corrected chi connectivity index (χ1v) is 9.13. The van der Waals surface area contributed by atoms with Gasteiger partial charge in [0.2, 0.25) is 0 Å². The van der Waals surface area contributed by atoms with Crippen LogP contribution in [-0.4, -0.2) is 42.7 Å². The maximum Gasteiger partial charge on any atom is 0.500 e. The van der Waals surface area contributed by atoms with Crippen molar-refractivity contribution >= 4 is 14.8 Å². The van der Waals surface area contributed by atoms with E-state index in [1.54, 1.807) is 27.4 Å². The molecular weight excluding hydrogens is 300 g/mol. The molecule has 0 aliphatic carbocycles. The highest BCUT2D eigenvalue weighted by molar-refractivity contribution is 6.60. The molecule has 0 saturated heterocycles. The van der Waals surface area contributed by atoms with Crippen molar-refractivity contribution in [2.45, 2.75) is 25.4 Å². The molecule has 6 nitrogen and oxygen atoms in total. The predicted molar refractivity (Wildman–Crippen MR) is 85.2 cm³/mol. The first-order chi connectivity index (χ1) is 10.7. The van der Waals surface area contributed by atoms with Crippen LogP contribution in [-0.2, 0) is 19.8 Å². The van der Waals surface area contributed by atoms with E-state index in [-0.39, 0.29) is 6.03 Å². The topological polar surface area (TPSA) is 68.8 Å². The number of unbranched alkanes of at least 4 members (excludes halogenated alkanes) is 1. The van der Waals surface area contributed by atoms with E-state index in [0.717, 1.165) is 24.4 Å². The third kappa shape index (κ3) is 6.45. The summed E-state index contributed by atoms with van der Waals surface area (Å²) in [4.78, 5) is 11.6. The maximum absolute atomic E-state index is 11.6. The van der Waals surface area contributed by atoms with Gasteiger partial charge in [0.25, 0.3) is 0 Å². The molecule has 0 aliphatic rings. The largest absolute Gasteiger partial charge is 0.500 e. The maximum atomic E-state index is 11.6. The van der Waals surface area contributed by atoms with Crippen LogP contribution in [0, 0.1) is 12.1 Å². The van der Waals surface area contributed by atoms with Gasteiger partial charge in [0.1, 0.15) is 0 Å². The molecule has 0 saturated carbocycles. The minimum absolute atomic E-state index is 0.189. The van der Waals surface area contributed by atoms with Gasteiger partial charge in [0.05, 0.1) is 6.54 Å². The lowest BCUT2D eigenvalue weighted by Crippen LogP contribution is -2.42. The molecule has 122 valence electrons. The summed E-state index contributed by atoms with van der Waals surface area (Å²) in [6.07, 6.45) is 1.70. The van der Waals surface area contributed by atoms with E-state index < -0.39 is 8.80 Å². The van der Waals surface area contributed by atoms with Crippen LogP contribution < -0.4 is 10.6 Å². The molecule has 1 aromatic carbocycles. The molecule has 0 atom stereocenters.